The molecule has 0 aliphatic carbocycles. The zero-order chi connectivity index (χ0) is 20.6. The molecule has 0 unspecified atom stereocenters. The van der Waals surface area contributed by atoms with Crippen molar-refractivity contribution in [3.63, 3.8) is 0 Å². The highest BCUT2D eigenvalue weighted by Gasteiger charge is 2.19. The second kappa shape index (κ2) is 9.27. The van der Waals surface area contributed by atoms with Crippen molar-refractivity contribution < 1.29 is 14.6 Å². The van der Waals surface area contributed by atoms with E-state index in [1.165, 1.54) is 24.3 Å². The van der Waals surface area contributed by atoms with Crippen molar-refractivity contribution in [2.24, 2.45) is 10.9 Å². The van der Waals surface area contributed by atoms with E-state index in [4.69, 9.17) is 10.6 Å². The Balaban J connectivity index is 1.71. The molecule has 0 bridgehead atoms. The van der Waals surface area contributed by atoms with E-state index in [1.807, 2.05) is 60.7 Å². The highest BCUT2D eigenvalue weighted by Crippen LogP contribution is 2.28. The summed E-state index contributed by atoms with van der Waals surface area (Å²) >= 11 is 0. The Labute approximate surface area is 167 Å². The van der Waals surface area contributed by atoms with Crippen LogP contribution in [-0.2, 0) is 9.63 Å². The van der Waals surface area contributed by atoms with E-state index in [0.29, 0.717) is 5.56 Å². The second-order valence-corrected chi connectivity index (χ2v) is 6.32. The summed E-state index contributed by atoms with van der Waals surface area (Å²) in [4.78, 5) is 27.6. The fraction of sp³-hybridized carbons (Fsp3) is 0.0909. The van der Waals surface area contributed by atoms with Gasteiger partial charge in [-0.15, -0.1) is 0 Å². The zero-order valence-corrected chi connectivity index (χ0v) is 15.5. The quantitative estimate of drug-likeness (QED) is 0.216. The third-order valence-electron chi connectivity index (χ3n) is 4.39. The number of amidine groups is 1. The van der Waals surface area contributed by atoms with Gasteiger partial charge in [-0.1, -0.05) is 65.8 Å². The SMILES string of the molecule is N/C(=N/OC(=O)CC(c1ccccc1)c1ccccc1)c1ccc([N+](=O)[O-])cc1. The fourth-order valence-corrected chi connectivity index (χ4v) is 2.91. The molecule has 0 saturated heterocycles. The van der Waals surface area contributed by atoms with Crippen molar-refractivity contribution in [2.75, 3.05) is 0 Å². The van der Waals surface area contributed by atoms with Gasteiger partial charge >= 0.3 is 5.97 Å². The summed E-state index contributed by atoms with van der Waals surface area (Å²) in [6.45, 7) is 0. The number of hydrogen-bond acceptors (Lipinski definition) is 5. The maximum absolute atomic E-state index is 12.4. The third kappa shape index (κ3) is 5.26. The van der Waals surface area contributed by atoms with Gasteiger partial charge in [-0.05, 0) is 23.3 Å². The molecule has 7 nitrogen and oxygen atoms in total. The number of oxime groups is 1. The van der Waals surface area contributed by atoms with Crippen molar-refractivity contribution >= 4 is 17.5 Å². The average molecular weight is 389 g/mol. The molecule has 0 aliphatic heterocycles. The Hall–Kier alpha value is -4.00. The van der Waals surface area contributed by atoms with Crippen LogP contribution in [0.15, 0.2) is 90.1 Å². The molecule has 0 radical (unpaired) electrons. The maximum Gasteiger partial charge on any atom is 0.336 e. The van der Waals surface area contributed by atoms with E-state index >= 15 is 0 Å². The van der Waals surface area contributed by atoms with Crippen molar-refractivity contribution in [3.05, 3.63) is 112 Å². The molecule has 0 spiro atoms. The lowest BCUT2D eigenvalue weighted by Crippen LogP contribution is -2.16. The van der Waals surface area contributed by atoms with Crippen molar-refractivity contribution in [3.8, 4) is 0 Å². The first kappa shape index (κ1) is 19.8. The first-order valence-corrected chi connectivity index (χ1v) is 8.92. The standard InChI is InChI=1S/C22H19N3O4/c23-22(18-11-13-19(14-12-18)25(27)28)24-29-21(26)15-20(16-7-3-1-4-8-16)17-9-5-2-6-10-17/h1-14,20H,15H2,(H2,23,24). The van der Waals surface area contributed by atoms with Crippen LogP contribution in [0.25, 0.3) is 0 Å². The average Bonchev–Trinajstić information content (AvgIpc) is 2.77. The van der Waals surface area contributed by atoms with Gasteiger partial charge in [-0.3, -0.25) is 10.1 Å². The van der Waals surface area contributed by atoms with Crippen molar-refractivity contribution in [2.45, 2.75) is 12.3 Å². The largest absolute Gasteiger partial charge is 0.380 e. The molecule has 0 fully saturated rings. The number of rotatable bonds is 7. The Morgan fingerprint density at radius 2 is 1.45 bits per heavy atom. The summed E-state index contributed by atoms with van der Waals surface area (Å²) in [7, 11) is 0. The minimum atomic E-state index is -0.535. The molecular formula is C22H19N3O4. The minimum Gasteiger partial charge on any atom is -0.380 e. The van der Waals surface area contributed by atoms with Crippen LogP contribution in [-0.4, -0.2) is 16.7 Å². The number of hydrogen-bond donors (Lipinski definition) is 1. The predicted molar refractivity (Wildman–Crippen MR) is 109 cm³/mol. The first-order valence-electron chi connectivity index (χ1n) is 8.92. The predicted octanol–water partition coefficient (Wildman–Crippen LogP) is 3.98. The number of benzene rings is 3. The number of nitrogens with two attached hydrogens (primary N) is 1. The molecule has 2 N–H and O–H groups in total. The van der Waals surface area contributed by atoms with Gasteiger partial charge in [0.05, 0.1) is 11.3 Å². The molecule has 0 amide bonds. The summed E-state index contributed by atoms with van der Waals surface area (Å²) in [5.41, 5.74) is 8.16. The Morgan fingerprint density at radius 3 is 1.93 bits per heavy atom. The molecule has 0 atom stereocenters. The molecule has 3 aromatic carbocycles. The van der Waals surface area contributed by atoms with Gasteiger partial charge in [0.15, 0.2) is 5.84 Å². The molecule has 29 heavy (non-hydrogen) atoms. The van der Waals surface area contributed by atoms with Crippen LogP contribution in [0.4, 0.5) is 5.69 Å². The summed E-state index contributed by atoms with van der Waals surface area (Å²) in [6, 6.07) is 24.8. The van der Waals surface area contributed by atoms with Gasteiger partial charge in [0.2, 0.25) is 0 Å². The normalized spacial score (nSPS) is 11.3. The zero-order valence-electron chi connectivity index (χ0n) is 15.5. The van der Waals surface area contributed by atoms with E-state index in [2.05, 4.69) is 5.16 Å². The van der Waals surface area contributed by atoms with Gasteiger partial charge in [-0.25, -0.2) is 4.79 Å². The summed E-state index contributed by atoms with van der Waals surface area (Å²) in [5.74, 6) is -0.752. The highest BCUT2D eigenvalue weighted by molar-refractivity contribution is 5.97. The van der Waals surface area contributed by atoms with Crippen molar-refractivity contribution in [1.29, 1.82) is 0 Å². The summed E-state index contributed by atoms with van der Waals surface area (Å²) in [5, 5.41) is 14.4. The molecule has 0 saturated carbocycles. The lowest BCUT2D eigenvalue weighted by atomic mass is 9.89. The third-order valence-corrected chi connectivity index (χ3v) is 4.39. The highest BCUT2D eigenvalue weighted by atomic mass is 16.7. The molecule has 7 heteroatoms. The van der Waals surface area contributed by atoms with Gasteiger partial charge in [0.1, 0.15) is 0 Å². The van der Waals surface area contributed by atoms with Crippen LogP contribution in [0.3, 0.4) is 0 Å². The number of carbonyl (C=O) groups is 1. The molecule has 3 aromatic rings. The van der Waals surface area contributed by atoms with Crippen LogP contribution in [0, 0.1) is 10.1 Å². The monoisotopic (exact) mass is 389 g/mol. The van der Waals surface area contributed by atoms with Gasteiger partial charge in [0, 0.05) is 23.6 Å². The number of carbonyl (C=O) groups excluding carboxylic acids is 1. The van der Waals surface area contributed by atoms with E-state index in [9.17, 15) is 14.9 Å². The number of nitrogens with zero attached hydrogens (tertiary/aromatic N) is 2. The van der Waals surface area contributed by atoms with E-state index in [-0.39, 0.29) is 23.9 Å². The summed E-state index contributed by atoms with van der Waals surface area (Å²) < 4.78 is 0. The van der Waals surface area contributed by atoms with Crippen LogP contribution in [0.5, 0.6) is 0 Å². The molecule has 146 valence electrons. The van der Waals surface area contributed by atoms with Gasteiger partial charge < -0.3 is 10.6 Å². The van der Waals surface area contributed by atoms with Crippen molar-refractivity contribution in [1.82, 2.24) is 0 Å². The van der Waals surface area contributed by atoms with Crippen LogP contribution >= 0.6 is 0 Å². The molecule has 0 heterocycles. The van der Waals surface area contributed by atoms with E-state index < -0.39 is 10.9 Å². The van der Waals surface area contributed by atoms with E-state index in [1.54, 1.807) is 0 Å². The Kier molecular flexibility index (Phi) is 6.32. The Bertz CT molecular complexity index is 964. The van der Waals surface area contributed by atoms with Crippen LogP contribution in [0.2, 0.25) is 0 Å². The molecule has 0 aliphatic rings. The topological polar surface area (TPSA) is 108 Å². The second-order valence-electron chi connectivity index (χ2n) is 6.32. The lowest BCUT2D eigenvalue weighted by Gasteiger charge is -2.16. The first-order chi connectivity index (χ1) is 14.0. The molecule has 0 aromatic heterocycles. The van der Waals surface area contributed by atoms with Gasteiger partial charge in [-0.2, -0.15) is 0 Å². The number of nitro groups is 1. The van der Waals surface area contributed by atoms with E-state index in [0.717, 1.165) is 11.1 Å². The van der Waals surface area contributed by atoms with Crippen LogP contribution < -0.4 is 5.73 Å². The smallest absolute Gasteiger partial charge is 0.336 e. The minimum absolute atomic E-state index is 0.0378. The van der Waals surface area contributed by atoms with Crippen LogP contribution in [0.1, 0.15) is 29.0 Å². The van der Waals surface area contributed by atoms with Gasteiger partial charge in [0.25, 0.3) is 5.69 Å². The number of nitro benzene ring substituents is 1. The molecule has 3 rings (SSSR count). The maximum atomic E-state index is 12.4. The summed E-state index contributed by atoms with van der Waals surface area (Å²) in [6.07, 6.45) is 0.0884. The number of non-ortho nitro benzene ring substituents is 1. The Morgan fingerprint density at radius 1 is 0.931 bits per heavy atom. The lowest BCUT2D eigenvalue weighted by molar-refractivity contribution is -0.384. The molecular weight excluding hydrogens is 370 g/mol. The fourth-order valence-electron chi connectivity index (χ4n) is 2.91.